The summed E-state index contributed by atoms with van der Waals surface area (Å²) in [5.74, 6) is -1.42. The zero-order valence-electron chi connectivity index (χ0n) is 10.00. The Bertz CT molecular complexity index is 561. The first-order valence-corrected chi connectivity index (χ1v) is 5.70. The fourth-order valence-electron chi connectivity index (χ4n) is 1.82. The number of aromatic hydroxyl groups is 1. The van der Waals surface area contributed by atoms with E-state index in [4.69, 9.17) is 5.11 Å². The number of phenolic OH excluding ortho intramolecular Hbond substituents is 1. The molecule has 0 fully saturated rings. The summed E-state index contributed by atoms with van der Waals surface area (Å²) < 4.78 is 0. The molecule has 0 aliphatic heterocycles. The zero-order valence-corrected chi connectivity index (χ0v) is 10.00. The highest BCUT2D eigenvalue weighted by atomic mass is 16.4. The number of hydrogen-bond acceptors (Lipinski definition) is 2. The van der Waals surface area contributed by atoms with Crippen molar-refractivity contribution in [2.24, 2.45) is 0 Å². The normalized spacial score (nSPS) is 12.1. The highest BCUT2D eigenvalue weighted by molar-refractivity contribution is 5.77. The maximum Gasteiger partial charge on any atom is 0.310 e. The number of hydrogen-bond donors (Lipinski definition) is 2. The Kier molecular flexibility index (Phi) is 3.33. The maximum atomic E-state index is 10.9. The van der Waals surface area contributed by atoms with Gasteiger partial charge < -0.3 is 10.2 Å². The topological polar surface area (TPSA) is 57.5 Å². The fraction of sp³-hybridized carbons (Fsp3) is 0.133. The van der Waals surface area contributed by atoms with E-state index in [1.807, 2.05) is 30.3 Å². The van der Waals surface area contributed by atoms with Crippen LogP contribution in [-0.2, 0) is 4.79 Å². The van der Waals surface area contributed by atoms with Gasteiger partial charge in [-0.1, -0.05) is 42.5 Å². The standard InChI is InChI=1S/C15H14O3/c1-10(15(17)18)12-7-8-13(14(16)9-12)11-5-3-2-4-6-11/h2-10,16H,1H3,(H,17,18)/t10-/m0/s1. The molecule has 18 heavy (non-hydrogen) atoms. The number of carbonyl (C=O) groups is 1. The van der Waals surface area contributed by atoms with Crippen LogP contribution in [0.4, 0.5) is 0 Å². The van der Waals surface area contributed by atoms with Crippen LogP contribution in [0.3, 0.4) is 0 Å². The van der Waals surface area contributed by atoms with Crippen molar-refractivity contribution in [3.63, 3.8) is 0 Å². The van der Waals surface area contributed by atoms with E-state index in [9.17, 15) is 9.90 Å². The van der Waals surface area contributed by atoms with Gasteiger partial charge in [-0.25, -0.2) is 0 Å². The van der Waals surface area contributed by atoms with Gasteiger partial charge in [0, 0.05) is 5.56 Å². The van der Waals surface area contributed by atoms with Crippen molar-refractivity contribution >= 4 is 5.97 Å². The molecule has 3 nitrogen and oxygen atoms in total. The second-order valence-electron chi connectivity index (χ2n) is 4.20. The predicted molar refractivity (Wildman–Crippen MR) is 69.6 cm³/mol. The molecule has 3 heteroatoms. The van der Waals surface area contributed by atoms with Gasteiger partial charge in [-0.05, 0) is 24.1 Å². The van der Waals surface area contributed by atoms with E-state index in [-0.39, 0.29) is 5.75 Å². The molecule has 92 valence electrons. The molecule has 0 saturated heterocycles. The lowest BCUT2D eigenvalue weighted by atomic mass is 9.97. The first-order valence-electron chi connectivity index (χ1n) is 5.70. The van der Waals surface area contributed by atoms with E-state index in [1.165, 1.54) is 6.07 Å². The molecule has 1 atom stereocenters. The van der Waals surface area contributed by atoms with Crippen LogP contribution in [0.2, 0.25) is 0 Å². The van der Waals surface area contributed by atoms with Crippen molar-refractivity contribution in [2.75, 3.05) is 0 Å². The van der Waals surface area contributed by atoms with Gasteiger partial charge in [0.1, 0.15) is 5.75 Å². The minimum atomic E-state index is -0.901. The van der Waals surface area contributed by atoms with Crippen LogP contribution in [0.15, 0.2) is 48.5 Å². The van der Waals surface area contributed by atoms with Gasteiger partial charge in [-0.3, -0.25) is 4.79 Å². The third-order valence-corrected chi connectivity index (χ3v) is 2.98. The summed E-state index contributed by atoms with van der Waals surface area (Å²) in [6.45, 7) is 1.60. The maximum absolute atomic E-state index is 10.9. The fourth-order valence-corrected chi connectivity index (χ4v) is 1.82. The average molecular weight is 242 g/mol. The third kappa shape index (κ3) is 2.35. The Morgan fingerprint density at radius 3 is 2.33 bits per heavy atom. The molecule has 2 aromatic rings. The number of rotatable bonds is 3. The molecule has 0 bridgehead atoms. The number of carboxylic acids is 1. The van der Waals surface area contributed by atoms with E-state index in [0.717, 1.165) is 5.56 Å². The van der Waals surface area contributed by atoms with Gasteiger partial charge in [0.25, 0.3) is 0 Å². The summed E-state index contributed by atoms with van der Waals surface area (Å²) in [5, 5.41) is 18.9. The zero-order chi connectivity index (χ0) is 13.1. The molecule has 0 spiro atoms. The Labute approximate surface area is 105 Å². The molecule has 0 unspecified atom stereocenters. The largest absolute Gasteiger partial charge is 0.507 e. The van der Waals surface area contributed by atoms with E-state index < -0.39 is 11.9 Å². The van der Waals surface area contributed by atoms with Crippen molar-refractivity contribution in [3.05, 3.63) is 54.1 Å². The second kappa shape index (κ2) is 4.92. The summed E-state index contributed by atoms with van der Waals surface area (Å²) in [5.41, 5.74) is 2.21. The average Bonchev–Trinajstić information content (AvgIpc) is 2.38. The van der Waals surface area contributed by atoms with Crippen molar-refractivity contribution in [2.45, 2.75) is 12.8 Å². The highest BCUT2D eigenvalue weighted by Crippen LogP contribution is 2.31. The van der Waals surface area contributed by atoms with Crippen LogP contribution < -0.4 is 0 Å². The third-order valence-electron chi connectivity index (χ3n) is 2.98. The highest BCUT2D eigenvalue weighted by Gasteiger charge is 2.15. The summed E-state index contributed by atoms with van der Waals surface area (Å²) in [4.78, 5) is 10.9. The number of carboxylic acid groups (broad SMARTS) is 1. The SMILES string of the molecule is C[C@H](C(=O)O)c1ccc(-c2ccccc2)c(O)c1. The Morgan fingerprint density at radius 1 is 1.11 bits per heavy atom. The van der Waals surface area contributed by atoms with Crippen molar-refractivity contribution < 1.29 is 15.0 Å². The lowest BCUT2D eigenvalue weighted by molar-refractivity contribution is -0.138. The van der Waals surface area contributed by atoms with Crippen molar-refractivity contribution in [1.82, 2.24) is 0 Å². The summed E-state index contributed by atoms with van der Waals surface area (Å²) in [7, 11) is 0. The first kappa shape index (κ1) is 12.2. The van der Waals surface area contributed by atoms with Crippen LogP contribution in [0.1, 0.15) is 18.4 Å². The van der Waals surface area contributed by atoms with Crippen LogP contribution in [0.25, 0.3) is 11.1 Å². The molecule has 0 radical (unpaired) electrons. The molecular formula is C15H14O3. The molecule has 0 aliphatic rings. The van der Waals surface area contributed by atoms with Gasteiger partial charge in [0.05, 0.1) is 5.92 Å². The number of aliphatic carboxylic acids is 1. The van der Waals surface area contributed by atoms with E-state index >= 15 is 0 Å². The van der Waals surface area contributed by atoms with E-state index in [2.05, 4.69) is 0 Å². The van der Waals surface area contributed by atoms with Crippen LogP contribution >= 0.6 is 0 Å². The van der Waals surface area contributed by atoms with Crippen LogP contribution in [-0.4, -0.2) is 16.2 Å². The van der Waals surface area contributed by atoms with Gasteiger partial charge >= 0.3 is 5.97 Å². The molecule has 2 aromatic carbocycles. The van der Waals surface area contributed by atoms with E-state index in [0.29, 0.717) is 11.1 Å². The summed E-state index contributed by atoms with van der Waals surface area (Å²) in [6.07, 6.45) is 0. The van der Waals surface area contributed by atoms with Gasteiger partial charge in [0.2, 0.25) is 0 Å². The lowest BCUT2D eigenvalue weighted by Gasteiger charge is -2.10. The first-order chi connectivity index (χ1) is 8.59. The second-order valence-corrected chi connectivity index (χ2v) is 4.20. The Morgan fingerprint density at radius 2 is 1.78 bits per heavy atom. The van der Waals surface area contributed by atoms with Crippen LogP contribution in [0.5, 0.6) is 5.75 Å². The van der Waals surface area contributed by atoms with Gasteiger partial charge in [-0.2, -0.15) is 0 Å². The Hall–Kier alpha value is -2.29. The van der Waals surface area contributed by atoms with Gasteiger partial charge in [0.15, 0.2) is 0 Å². The smallest absolute Gasteiger partial charge is 0.310 e. The lowest BCUT2D eigenvalue weighted by Crippen LogP contribution is -2.07. The molecule has 0 amide bonds. The minimum Gasteiger partial charge on any atom is -0.507 e. The summed E-state index contributed by atoms with van der Waals surface area (Å²) >= 11 is 0. The molecule has 0 aliphatic carbocycles. The molecule has 0 heterocycles. The van der Waals surface area contributed by atoms with Crippen LogP contribution in [0, 0.1) is 0 Å². The molecule has 0 aromatic heterocycles. The van der Waals surface area contributed by atoms with Crippen molar-refractivity contribution in [1.29, 1.82) is 0 Å². The monoisotopic (exact) mass is 242 g/mol. The minimum absolute atomic E-state index is 0.104. The molecule has 2 rings (SSSR count). The molecule has 0 saturated carbocycles. The molecular weight excluding hydrogens is 228 g/mol. The van der Waals surface area contributed by atoms with Gasteiger partial charge in [-0.15, -0.1) is 0 Å². The Balaban J connectivity index is 2.40. The number of benzene rings is 2. The molecule has 2 N–H and O–H groups in total. The quantitative estimate of drug-likeness (QED) is 0.868. The summed E-state index contributed by atoms with van der Waals surface area (Å²) in [6, 6.07) is 14.5. The predicted octanol–water partition coefficient (Wildman–Crippen LogP) is 3.25. The van der Waals surface area contributed by atoms with Crippen molar-refractivity contribution in [3.8, 4) is 16.9 Å². The number of phenols is 1. The van der Waals surface area contributed by atoms with E-state index in [1.54, 1.807) is 19.1 Å².